The third-order valence-electron chi connectivity index (χ3n) is 3.43. The molecular weight excluding hydrogens is 300 g/mol. The molecule has 0 aliphatic rings. The molecular formula is C19H12N4O. The van der Waals surface area contributed by atoms with Crippen LogP contribution in [-0.4, -0.2) is 0 Å². The molecule has 3 rings (SSSR count). The first-order valence-electron chi connectivity index (χ1n) is 7.23. The third kappa shape index (κ3) is 3.36. The minimum atomic E-state index is 0.525. The van der Waals surface area contributed by atoms with Crippen molar-refractivity contribution in [3.05, 3.63) is 88.0 Å². The summed E-state index contributed by atoms with van der Waals surface area (Å²) < 4.78 is 5.80. The van der Waals surface area contributed by atoms with Crippen LogP contribution in [-0.2, 0) is 0 Å². The summed E-state index contributed by atoms with van der Waals surface area (Å²) in [5.74, 6) is 1.32. The Morgan fingerprint density at radius 2 is 1.79 bits per heavy atom. The summed E-state index contributed by atoms with van der Waals surface area (Å²) in [4.78, 5) is 2.84. The van der Waals surface area contributed by atoms with Crippen molar-refractivity contribution in [3.8, 4) is 17.4 Å². The highest BCUT2D eigenvalue weighted by atomic mass is 16.3. The lowest BCUT2D eigenvalue weighted by Crippen LogP contribution is -1.75. The summed E-state index contributed by atoms with van der Waals surface area (Å²) in [6.45, 7) is 0. The third-order valence-corrected chi connectivity index (χ3v) is 3.43. The van der Waals surface area contributed by atoms with E-state index in [1.54, 1.807) is 18.2 Å². The number of rotatable bonds is 4. The van der Waals surface area contributed by atoms with E-state index < -0.39 is 0 Å². The number of furan rings is 1. The van der Waals surface area contributed by atoms with Gasteiger partial charge in [-0.1, -0.05) is 47.6 Å². The van der Waals surface area contributed by atoms with Crippen molar-refractivity contribution in [1.82, 2.24) is 0 Å². The fourth-order valence-corrected chi connectivity index (χ4v) is 2.25. The van der Waals surface area contributed by atoms with Crippen LogP contribution < -0.4 is 0 Å². The lowest BCUT2D eigenvalue weighted by molar-refractivity contribution is 0.572. The van der Waals surface area contributed by atoms with E-state index in [-0.39, 0.29) is 0 Å². The maximum Gasteiger partial charge on any atom is 0.135 e. The number of hydrogen-bond acceptors (Lipinski definition) is 3. The molecule has 24 heavy (non-hydrogen) atoms. The maximum absolute atomic E-state index is 8.79. The molecule has 0 saturated carbocycles. The molecule has 0 aliphatic heterocycles. The fraction of sp³-hybridized carbons (Fsp3) is 0. The van der Waals surface area contributed by atoms with Crippen LogP contribution in [0.4, 0.5) is 5.69 Å². The summed E-state index contributed by atoms with van der Waals surface area (Å²) in [6.07, 6.45) is 3.75. The molecule has 0 spiro atoms. The van der Waals surface area contributed by atoms with Gasteiger partial charge in [0.25, 0.3) is 0 Å². The maximum atomic E-state index is 8.79. The molecule has 0 aliphatic carbocycles. The van der Waals surface area contributed by atoms with Gasteiger partial charge < -0.3 is 4.42 Å². The Balaban J connectivity index is 1.84. The number of nitriles is 1. The Morgan fingerprint density at radius 1 is 1.00 bits per heavy atom. The molecule has 0 unspecified atom stereocenters. The van der Waals surface area contributed by atoms with Crippen LogP contribution in [0, 0.1) is 11.3 Å². The van der Waals surface area contributed by atoms with Crippen molar-refractivity contribution in [2.75, 3.05) is 0 Å². The largest absolute Gasteiger partial charge is 0.457 e. The summed E-state index contributed by atoms with van der Waals surface area (Å²) in [5, 5.41) is 12.5. The number of hydrogen-bond donors (Lipinski definition) is 0. The van der Waals surface area contributed by atoms with E-state index in [1.165, 1.54) is 0 Å². The molecule has 0 bridgehead atoms. The molecule has 0 atom stereocenters. The Bertz CT molecular complexity index is 971. The molecule has 0 radical (unpaired) electrons. The van der Waals surface area contributed by atoms with Crippen LogP contribution >= 0.6 is 0 Å². The molecule has 0 fully saturated rings. The first-order chi connectivity index (χ1) is 11.8. The minimum absolute atomic E-state index is 0.525. The fourth-order valence-electron chi connectivity index (χ4n) is 2.25. The highest BCUT2D eigenvalue weighted by Gasteiger charge is 2.07. The molecule has 114 valence electrons. The van der Waals surface area contributed by atoms with Gasteiger partial charge in [-0.15, -0.1) is 0 Å². The molecule has 0 saturated heterocycles. The van der Waals surface area contributed by atoms with Crippen LogP contribution in [0.15, 0.2) is 70.2 Å². The van der Waals surface area contributed by atoms with Crippen LogP contribution in [0.25, 0.3) is 33.9 Å². The molecule has 5 nitrogen and oxygen atoms in total. The summed E-state index contributed by atoms with van der Waals surface area (Å²) in [7, 11) is 0. The predicted molar refractivity (Wildman–Crippen MR) is 93.0 cm³/mol. The van der Waals surface area contributed by atoms with E-state index in [9.17, 15) is 0 Å². The number of azide groups is 1. The van der Waals surface area contributed by atoms with Gasteiger partial charge in [-0.3, -0.25) is 0 Å². The second-order valence-electron chi connectivity index (χ2n) is 4.98. The summed E-state index contributed by atoms with van der Waals surface area (Å²) in [6, 6.07) is 20.3. The zero-order valence-electron chi connectivity index (χ0n) is 12.6. The SMILES string of the molecule is N#Cc1ccc(C=Cc2ccc(-c3ccccc3N=[N+]=[N-])o2)cc1. The molecule has 5 heteroatoms. The standard InChI is InChI=1S/C19H12N4O/c20-13-15-7-5-14(6-8-15)9-10-16-11-12-19(24-16)17-3-1-2-4-18(17)22-23-21/h1-12H. The van der Waals surface area contributed by atoms with Crippen molar-refractivity contribution in [1.29, 1.82) is 5.26 Å². The Kier molecular flexibility index (Phi) is 4.43. The van der Waals surface area contributed by atoms with E-state index in [0.717, 1.165) is 11.1 Å². The Morgan fingerprint density at radius 3 is 2.54 bits per heavy atom. The van der Waals surface area contributed by atoms with E-state index in [2.05, 4.69) is 16.1 Å². The van der Waals surface area contributed by atoms with Crippen LogP contribution in [0.3, 0.4) is 0 Å². The second-order valence-corrected chi connectivity index (χ2v) is 4.98. The van der Waals surface area contributed by atoms with Gasteiger partial charge in [0.05, 0.1) is 11.6 Å². The summed E-state index contributed by atoms with van der Waals surface area (Å²) >= 11 is 0. The van der Waals surface area contributed by atoms with Crippen molar-refractivity contribution < 1.29 is 4.42 Å². The van der Waals surface area contributed by atoms with E-state index >= 15 is 0 Å². The topological polar surface area (TPSA) is 85.7 Å². The van der Waals surface area contributed by atoms with Crippen LogP contribution in [0.5, 0.6) is 0 Å². The average Bonchev–Trinajstić information content (AvgIpc) is 3.10. The Labute approximate surface area is 138 Å². The van der Waals surface area contributed by atoms with Gasteiger partial charge in [0.2, 0.25) is 0 Å². The van der Waals surface area contributed by atoms with Gasteiger partial charge >= 0.3 is 0 Å². The van der Waals surface area contributed by atoms with E-state index in [4.69, 9.17) is 15.2 Å². The van der Waals surface area contributed by atoms with E-state index in [0.29, 0.717) is 22.8 Å². The van der Waals surface area contributed by atoms with Gasteiger partial charge in [0.15, 0.2) is 0 Å². The van der Waals surface area contributed by atoms with Crippen LogP contribution in [0.1, 0.15) is 16.9 Å². The normalized spacial score (nSPS) is 10.3. The van der Waals surface area contributed by atoms with Crippen LogP contribution in [0.2, 0.25) is 0 Å². The van der Waals surface area contributed by atoms with Crippen molar-refractivity contribution >= 4 is 17.8 Å². The first kappa shape index (κ1) is 15.2. The van der Waals surface area contributed by atoms with Gasteiger partial charge in [0, 0.05) is 16.2 Å². The van der Waals surface area contributed by atoms with Gasteiger partial charge in [-0.05, 0) is 41.4 Å². The second kappa shape index (κ2) is 7.01. The molecule has 0 N–H and O–H groups in total. The minimum Gasteiger partial charge on any atom is -0.457 e. The van der Waals surface area contributed by atoms with Gasteiger partial charge in [-0.25, -0.2) is 0 Å². The number of nitrogens with zero attached hydrogens (tertiary/aromatic N) is 4. The van der Waals surface area contributed by atoms with Crippen molar-refractivity contribution in [3.63, 3.8) is 0 Å². The highest BCUT2D eigenvalue weighted by Crippen LogP contribution is 2.31. The molecule has 1 aromatic heterocycles. The van der Waals surface area contributed by atoms with E-state index in [1.807, 2.05) is 54.6 Å². The molecule has 3 aromatic rings. The Hall–Kier alpha value is -3.74. The molecule has 2 aromatic carbocycles. The average molecular weight is 312 g/mol. The smallest absolute Gasteiger partial charge is 0.135 e. The zero-order valence-corrected chi connectivity index (χ0v) is 12.6. The molecule has 0 amide bonds. The lowest BCUT2D eigenvalue weighted by Gasteiger charge is -2.00. The predicted octanol–water partition coefficient (Wildman–Crippen LogP) is 5.93. The lowest BCUT2D eigenvalue weighted by atomic mass is 10.1. The summed E-state index contributed by atoms with van der Waals surface area (Å²) in [5.41, 5.74) is 11.5. The van der Waals surface area contributed by atoms with Crippen molar-refractivity contribution in [2.24, 2.45) is 5.11 Å². The number of benzene rings is 2. The molecule has 1 heterocycles. The first-order valence-corrected chi connectivity index (χ1v) is 7.23. The van der Waals surface area contributed by atoms with Crippen molar-refractivity contribution in [2.45, 2.75) is 0 Å². The van der Waals surface area contributed by atoms with Gasteiger partial charge in [0.1, 0.15) is 11.5 Å². The monoisotopic (exact) mass is 312 g/mol. The highest BCUT2D eigenvalue weighted by molar-refractivity contribution is 5.74. The quantitative estimate of drug-likeness (QED) is 0.339. The van der Waals surface area contributed by atoms with Gasteiger partial charge in [-0.2, -0.15) is 5.26 Å². The zero-order chi connectivity index (χ0) is 16.8.